The number of hydrogen-bond acceptors (Lipinski definition) is 5. The first-order valence-corrected chi connectivity index (χ1v) is 8.54. The molecule has 5 atom stereocenters. The fourth-order valence-corrected chi connectivity index (χ4v) is 3.01. The second-order valence-electron chi connectivity index (χ2n) is 6.76. The molecule has 0 amide bonds. The third-order valence-electron chi connectivity index (χ3n) is 4.97. The molecule has 1 heterocycles. The van der Waals surface area contributed by atoms with Gasteiger partial charge in [-0.3, -0.25) is 9.59 Å². The van der Waals surface area contributed by atoms with Crippen LogP contribution in [0.2, 0.25) is 0 Å². The van der Waals surface area contributed by atoms with Crippen molar-refractivity contribution in [1.82, 2.24) is 0 Å². The zero-order valence-electron chi connectivity index (χ0n) is 15.1. The molecular weight excluding hydrogens is 324 g/mol. The maximum absolute atomic E-state index is 11.1. The summed E-state index contributed by atoms with van der Waals surface area (Å²) in [6.07, 6.45) is -0.682. The molecule has 138 valence electrons. The summed E-state index contributed by atoms with van der Waals surface area (Å²) >= 11 is 0. The molecule has 0 aliphatic carbocycles. The molecule has 1 aromatic carbocycles. The largest absolute Gasteiger partial charge is 0.481 e. The van der Waals surface area contributed by atoms with E-state index in [1.165, 1.54) is 6.92 Å². The van der Waals surface area contributed by atoms with Gasteiger partial charge < -0.3 is 19.3 Å². The van der Waals surface area contributed by atoms with Crippen molar-refractivity contribution >= 4 is 11.9 Å². The monoisotopic (exact) mass is 350 g/mol. The molecule has 1 fully saturated rings. The maximum Gasteiger partial charge on any atom is 0.307 e. The van der Waals surface area contributed by atoms with Gasteiger partial charge in [0, 0.05) is 12.8 Å². The van der Waals surface area contributed by atoms with Gasteiger partial charge >= 0.3 is 11.9 Å². The van der Waals surface area contributed by atoms with Gasteiger partial charge in [-0.05, 0) is 29.5 Å². The van der Waals surface area contributed by atoms with Crippen molar-refractivity contribution in [2.45, 2.75) is 46.5 Å². The molecule has 2 rings (SSSR count). The predicted octanol–water partition coefficient (Wildman–Crippen LogP) is 2.89. The zero-order valence-corrected chi connectivity index (χ0v) is 15.1. The van der Waals surface area contributed by atoms with Crippen molar-refractivity contribution in [2.75, 3.05) is 6.61 Å². The molecule has 25 heavy (non-hydrogen) atoms. The SMILES string of the molecule is CC(=O)OCC1OC(Oc2ccc(CC(=O)O)cc2)C(C)C(C)C1C. The van der Waals surface area contributed by atoms with Gasteiger partial charge in [-0.2, -0.15) is 0 Å². The molecule has 6 nitrogen and oxygen atoms in total. The Hall–Kier alpha value is -2.08. The van der Waals surface area contributed by atoms with Gasteiger partial charge in [0.1, 0.15) is 12.4 Å². The lowest BCUT2D eigenvalue weighted by atomic mass is 9.79. The van der Waals surface area contributed by atoms with E-state index < -0.39 is 12.3 Å². The van der Waals surface area contributed by atoms with Crippen molar-refractivity contribution in [2.24, 2.45) is 17.8 Å². The standard InChI is InChI=1S/C19H26O6/c1-11-12(2)17(10-23-14(4)20)25-19(13(11)3)24-16-7-5-15(6-8-16)9-18(21)22/h5-8,11-13,17,19H,9-10H2,1-4H3,(H,21,22). The molecule has 6 heteroatoms. The minimum Gasteiger partial charge on any atom is -0.481 e. The van der Waals surface area contributed by atoms with Crippen molar-refractivity contribution in [3.63, 3.8) is 0 Å². The third-order valence-corrected chi connectivity index (χ3v) is 4.97. The van der Waals surface area contributed by atoms with Crippen LogP contribution in [0.3, 0.4) is 0 Å². The van der Waals surface area contributed by atoms with Gasteiger partial charge in [-0.15, -0.1) is 0 Å². The summed E-state index contributed by atoms with van der Waals surface area (Å²) in [7, 11) is 0. The predicted molar refractivity (Wildman–Crippen MR) is 91.2 cm³/mol. The molecule has 0 bridgehead atoms. The third kappa shape index (κ3) is 5.19. The molecule has 0 spiro atoms. The van der Waals surface area contributed by atoms with Crippen molar-refractivity contribution in [1.29, 1.82) is 0 Å². The molecule has 0 saturated carbocycles. The van der Waals surface area contributed by atoms with Crippen LogP contribution in [0.1, 0.15) is 33.3 Å². The lowest BCUT2D eigenvalue weighted by Gasteiger charge is -2.43. The number of carbonyl (C=O) groups is 2. The van der Waals surface area contributed by atoms with Crippen LogP contribution in [-0.2, 0) is 25.5 Å². The normalized spacial score (nSPS) is 29.0. The van der Waals surface area contributed by atoms with E-state index in [-0.39, 0.29) is 36.9 Å². The molecule has 1 aromatic rings. The highest BCUT2D eigenvalue weighted by molar-refractivity contribution is 5.70. The highest BCUT2D eigenvalue weighted by atomic mass is 16.7. The zero-order chi connectivity index (χ0) is 18.6. The lowest BCUT2D eigenvalue weighted by molar-refractivity contribution is -0.223. The summed E-state index contributed by atoms with van der Waals surface area (Å²) in [4.78, 5) is 21.8. The van der Waals surface area contributed by atoms with Gasteiger partial charge in [0.15, 0.2) is 0 Å². The first kappa shape index (κ1) is 19.2. The number of hydrogen-bond donors (Lipinski definition) is 1. The van der Waals surface area contributed by atoms with Crippen LogP contribution in [0.4, 0.5) is 0 Å². The fourth-order valence-electron chi connectivity index (χ4n) is 3.01. The number of aliphatic carboxylic acids is 1. The first-order valence-electron chi connectivity index (χ1n) is 8.54. The highest BCUT2D eigenvalue weighted by Crippen LogP contribution is 2.36. The van der Waals surface area contributed by atoms with Crippen LogP contribution in [-0.4, -0.2) is 36.0 Å². The Morgan fingerprint density at radius 1 is 1.08 bits per heavy atom. The lowest BCUT2D eigenvalue weighted by Crippen LogP contribution is -2.49. The number of rotatable bonds is 6. The molecule has 1 saturated heterocycles. The van der Waals surface area contributed by atoms with E-state index in [2.05, 4.69) is 20.8 Å². The minimum absolute atomic E-state index is 0.0182. The molecule has 5 unspecified atom stereocenters. The Morgan fingerprint density at radius 2 is 1.72 bits per heavy atom. The van der Waals surface area contributed by atoms with E-state index in [0.29, 0.717) is 17.2 Å². The number of carbonyl (C=O) groups excluding carboxylic acids is 1. The van der Waals surface area contributed by atoms with E-state index in [9.17, 15) is 9.59 Å². The van der Waals surface area contributed by atoms with Gasteiger partial charge in [0.25, 0.3) is 0 Å². The molecular formula is C19H26O6. The number of ether oxygens (including phenoxy) is 3. The Balaban J connectivity index is 2.03. The second-order valence-corrected chi connectivity index (χ2v) is 6.76. The summed E-state index contributed by atoms with van der Waals surface area (Å²) in [5.74, 6) is 0.182. The first-order chi connectivity index (χ1) is 11.8. The second kappa shape index (κ2) is 8.34. The highest BCUT2D eigenvalue weighted by Gasteiger charge is 2.40. The summed E-state index contributed by atoms with van der Waals surface area (Å²) < 4.78 is 17.1. The summed E-state index contributed by atoms with van der Waals surface area (Å²) in [5, 5.41) is 8.82. The quantitative estimate of drug-likeness (QED) is 0.795. The van der Waals surface area contributed by atoms with E-state index >= 15 is 0 Å². The van der Waals surface area contributed by atoms with Crippen LogP contribution in [0.15, 0.2) is 24.3 Å². The van der Waals surface area contributed by atoms with Gasteiger partial charge in [-0.1, -0.05) is 32.9 Å². The average Bonchev–Trinajstić information content (AvgIpc) is 2.55. The smallest absolute Gasteiger partial charge is 0.307 e. The Kier molecular flexibility index (Phi) is 6.42. The fraction of sp³-hybridized carbons (Fsp3) is 0.579. The van der Waals surface area contributed by atoms with E-state index in [1.807, 2.05) is 0 Å². The van der Waals surface area contributed by atoms with Crippen LogP contribution in [0.5, 0.6) is 5.75 Å². The molecule has 1 aliphatic heterocycles. The average molecular weight is 350 g/mol. The molecule has 1 N–H and O–H groups in total. The number of carboxylic acid groups (broad SMARTS) is 1. The molecule has 0 aromatic heterocycles. The minimum atomic E-state index is -0.867. The van der Waals surface area contributed by atoms with Crippen LogP contribution >= 0.6 is 0 Å². The van der Waals surface area contributed by atoms with E-state index in [4.69, 9.17) is 19.3 Å². The Morgan fingerprint density at radius 3 is 2.28 bits per heavy atom. The number of benzene rings is 1. The Bertz CT molecular complexity index is 596. The van der Waals surface area contributed by atoms with E-state index in [1.54, 1.807) is 24.3 Å². The van der Waals surface area contributed by atoms with Gasteiger partial charge in [0.05, 0.1) is 12.5 Å². The van der Waals surface area contributed by atoms with Crippen LogP contribution in [0.25, 0.3) is 0 Å². The van der Waals surface area contributed by atoms with Gasteiger partial charge in [0.2, 0.25) is 6.29 Å². The van der Waals surface area contributed by atoms with Crippen LogP contribution < -0.4 is 4.74 Å². The number of carboxylic acids is 1. The van der Waals surface area contributed by atoms with Crippen molar-refractivity contribution in [3.05, 3.63) is 29.8 Å². The van der Waals surface area contributed by atoms with Gasteiger partial charge in [-0.25, -0.2) is 0 Å². The summed E-state index contributed by atoms with van der Waals surface area (Å²) in [6.45, 7) is 7.90. The van der Waals surface area contributed by atoms with Crippen molar-refractivity contribution < 1.29 is 28.9 Å². The number of esters is 1. The molecule has 0 radical (unpaired) electrons. The molecule has 1 aliphatic rings. The maximum atomic E-state index is 11.1. The topological polar surface area (TPSA) is 82.1 Å². The van der Waals surface area contributed by atoms with E-state index in [0.717, 1.165) is 0 Å². The van der Waals surface area contributed by atoms with Crippen LogP contribution in [0, 0.1) is 17.8 Å². The van der Waals surface area contributed by atoms with Crippen molar-refractivity contribution in [3.8, 4) is 5.75 Å². The summed E-state index contributed by atoms with van der Waals surface area (Å²) in [6, 6.07) is 6.97. The summed E-state index contributed by atoms with van der Waals surface area (Å²) in [5.41, 5.74) is 0.715. The Labute approximate surface area is 148 Å².